The summed E-state index contributed by atoms with van der Waals surface area (Å²) in [6.45, 7) is 7.01. The Morgan fingerprint density at radius 1 is 1.35 bits per heavy atom. The predicted octanol–water partition coefficient (Wildman–Crippen LogP) is 2.50. The van der Waals surface area contributed by atoms with Crippen LogP contribution in [0.5, 0.6) is 5.75 Å². The molecular weight excluding hydrogens is 276 g/mol. The van der Waals surface area contributed by atoms with Gasteiger partial charge in [0.1, 0.15) is 5.75 Å². The molecule has 0 aromatic heterocycles. The van der Waals surface area contributed by atoms with E-state index in [1.54, 1.807) is 0 Å². The summed E-state index contributed by atoms with van der Waals surface area (Å²) in [7, 11) is 0. The van der Waals surface area contributed by atoms with Crippen molar-refractivity contribution in [3.8, 4) is 5.75 Å². The van der Waals surface area contributed by atoms with Gasteiger partial charge in [-0.05, 0) is 18.9 Å². The quantitative estimate of drug-likeness (QED) is 0.813. The third-order valence-electron chi connectivity index (χ3n) is 3.29. The molecule has 0 saturated heterocycles. The molecule has 0 aliphatic rings. The number of para-hydroxylation sites is 1. The van der Waals surface area contributed by atoms with Crippen molar-refractivity contribution in [1.82, 2.24) is 5.32 Å². The van der Waals surface area contributed by atoms with Gasteiger partial charge in [0, 0.05) is 12.1 Å². The molecule has 114 valence electrons. The molecule has 0 saturated carbocycles. The molecule has 0 heterocycles. The maximum absolute atomic E-state index is 11.9. The molecule has 0 fully saturated rings. The Bertz CT molecular complexity index is 413. The lowest BCUT2D eigenvalue weighted by Crippen LogP contribution is -2.44. The van der Waals surface area contributed by atoms with Crippen molar-refractivity contribution >= 4 is 18.3 Å². The van der Waals surface area contributed by atoms with E-state index in [2.05, 4.69) is 5.32 Å². The molecule has 0 bridgehead atoms. The van der Waals surface area contributed by atoms with Crippen molar-refractivity contribution in [2.24, 2.45) is 11.7 Å². The minimum Gasteiger partial charge on any atom is -0.494 e. The second kappa shape index (κ2) is 9.61. The molecule has 3 N–H and O–H groups in total. The van der Waals surface area contributed by atoms with Crippen LogP contribution in [0.3, 0.4) is 0 Å². The number of nitrogens with one attached hydrogen (secondary N) is 1. The second-order valence-corrected chi connectivity index (χ2v) is 4.67. The topological polar surface area (TPSA) is 64.3 Å². The highest BCUT2D eigenvalue weighted by atomic mass is 35.5. The van der Waals surface area contributed by atoms with E-state index in [9.17, 15) is 4.79 Å². The first kappa shape index (κ1) is 18.7. The lowest BCUT2D eigenvalue weighted by atomic mass is 9.99. The van der Waals surface area contributed by atoms with Crippen molar-refractivity contribution in [2.75, 3.05) is 6.61 Å². The van der Waals surface area contributed by atoms with Gasteiger partial charge in [-0.3, -0.25) is 4.79 Å². The number of hydrogen-bond donors (Lipinski definition) is 2. The van der Waals surface area contributed by atoms with Gasteiger partial charge in [-0.2, -0.15) is 0 Å². The van der Waals surface area contributed by atoms with Crippen LogP contribution in [0.1, 0.15) is 32.8 Å². The van der Waals surface area contributed by atoms with Gasteiger partial charge >= 0.3 is 0 Å². The molecule has 0 aliphatic heterocycles. The highest BCUT2D eigenvalue weighted by molar-refractivity contribution is 5.85. The zero-order valence-corrected chi connectivity index (χ0v) is 13.2. The molecule has 2 unspecified atom stereocenters. The smallest absolute Gasteiger partial charge is 0.237 e. The molecule has 1 amide bonds. The largest absolute Gasteiger partial charge is 0.494 e. The van der Waals surface area contributed by atoms with E-state index in [-0.39, 0.29) is 24.2 Å². The van der Waals surface area contributed by atoms with Crippen LogP contribution in [-0.4, -0.2) is 18.6 Å². The highest BCUT2D eigenvalue weighted by Crippen LogP contribution is 2.17. The molecular formula is C15H25ClN2O2. The maximum Gasteiger partial charge on any atom is 0.237 e. The predicted molar refractivity (Wildman–Crippen MR) is 84.1 cm³/mol. The summed E-state index contributed by atoms with van der Waals surface area (Å²) in [5, 5.41) is 2.87. The van der Waals surface area contributed by atoms with Gasteiger partial charge < -0.3 is 15.8 Å². The number of hydrogen-bond acceptors (Lipinski definition) is 3. The molecule has 2 atom stereocenters. The molecule has 0 spiro atoms. The summed E-state index contributed by atoms with van der Waals surface area (Å²) in [6.07, 6.45) is 0.893. The fraction of sp³-hybridized carbons (Fsp3) is 0.533. The maximum atomic E-state index is 11.9. The lowest BCUT2D eigenvalue weighted by molar-refractivity contribution is -0.123. The highest BCUT2D eigenvalue weighted by Gasteiger charge is 2.19. The molecule has 0 aliphatic carbocycles. The fourth-order valence-corrected chi connectivity index (χ4v) is 1.76. The molecule has 1 aromatic carbocycles. The number of carbonyl (C=O) groups excluding carboxylic acids is 1. The number of nitrogens with two attached hydrogens (primary N) is 1. The molecule has 1 rings (SSSR count). The Labute approximate surface area is 127 Å². The van der Waals surface area contributed by atoms with Crippen molar-refractivity contribution in [2.45, 2.75) is 39.8 Å². The first-order valence-electron chi connectivity index (χ1n) is 6.84. The van der Waals surface area contributed by atoms with Crippen LogP contribution >= 0.6 is 12.4 Å². The van der Waals surface area contributed by atoms with Crippen molar-refractivity contribution in [3.05, 3.63) is 29.8 Å². The standard InChI is InChI=1S/C15H24N2O2.ClH/c1-4-11(3)14(16)15(18)17-10-12-8-6-7-9-13(12)19-5-2;/h6-9,11,14H,4-5,10,16H2,1-3H3,(H,17,18);1H. The van der Waals surface area contributed by atoms with Gasteiger partial charge in [-0.1, -0.05) is 38.5 Å². The van der Waals surface area contributed by atoms with Gasteiger partial charge in [-0.25, -0.2) is 0 Å². The zero-order valence-electron chi connectivity index (χ0n) is 12.4. The summed E-state index contributed by atoms with van der Waals surface area (Å²) in [5.41, 5.74) is 6.86. The number of amides is 1. The number of halogens is 1. The van der Waals surface area contributed by atoms with Crippen LogP contribution in [0.2, 0.25) is 0 Å². The van der Waals surface area contributed by atoms with Crippen LogP contribution < -0.4 is 15.8 Å². The van der Waals surface area contributed by atoms with Crippen LogP contribution in [0.4, 0.5) is 0 Å². The van der Waals surface area contributed by atoms with E-state index < -0.39 is 6.04 Å². The van der Waals surface area contributed by atoms with E-state index in [1.165, 1.54) is 0 Å². The minimum atomic E-state index is -0.454. The molecule has 0 radical (unpaired) electrons. The minimum absolute atomic E-state index is 0. The van der Waals surface area contributed by atoms with Crippen LogP contribution in [-0.2, 0) is 11.3 Å². The summed E-state index contributed by atoms with van der Waals surface area (Å²) in [4.78, 5) is 11.9. The zero-order chi connectivity index (χ0) is 14.3. The summed E-state index contributed by atoms with van der Waals surface area (Å²) < 4.78 is 5.52. The van der Waals surface area contributed by atoms with Crippen molar-refractivity contribution in [3.63, 3.8) is 0 Å². The number of rotatable bonds is 7. The van der Waals surface area contributed by atoms with E-state index in [1.807, 2.05) is 45.0 Å². The number of ether oxygens (including phenoxy) is 1. The first-order chi connectivity index (χ1) is 9.10. The van der Waals surface area contributed by atoms with Crippen molar-refractivity contribution in [1.29, 1.82) is 0 Å². The molecule has 4 nitrogen and oxygen atoms in total. The van der Waals surface area contributed by atoms with Gasteiger partial charge in [-0.15, -0.1) is 12.4 Å². The van der Waals surface area contributed by atoms with E-state index in [0.717, 1.165) is 17.7 Å². The third-order valence-corrected chi connectivity index (χ3v) is 3.29. The average Bonchev–Trinajstić information content (AvgIpc) is 2.44. The summed E-state index contributed by atoms with van der Waals surface area (Å²) in [5.74, 6) is 0.880. The van der Waals surface area contributed by atoms with E-state index in [0.29, 0.717) is 13.2 Å². The Kier molecular flexibility index (Phi) is 9.01. The summed E-state index contributed by atoms with van der Waals surface area (Å²) in [6, 6.07) is 7.24. The molecule has 20 heavy (non-hydrogen) atoms. The lowest BCUT2D eigenvalue weighted by Gasteiger charge is -2.18. The van der Waals surface area contributed by atoms with Gasteiger partial charge in [0.2, 0.25) is 5.91 Å². The number of carbonyl (C=O) groups is 1. The second-order valence-electron chi connectivity index (χ2n) is 4.67. The third kappa shape index (κ3) is 5.39. The van der Waals surface area contributed by atoms with E-state index >= 15 is 0 Å². The Hall–Kier alpha value is -1.26. The van der Waals surface area contributed by atoms with Crippen LogP contribution in [0.15, 0.2) is 24.3 Å². The van der Waals surface area contributed by atoms with Crippen molar-refractivity contribution < 1.29 is 9.53 Å². The Balaban J connectivity index is 0.00000361. The SMILES string of the molecule is CCOc1ccccc1CNC(=O)C(N)C(C)CC.Cl. The van der Waals surface area contributed by atoms with Gasteiger partial charge in [0.05, 0.1) is 12.6 Å². The van der Waals surface area contributed by atoms with E-state index in [4.69, 9.17) is 10.5 Å². The van der Waals surface area contributed by atoms with Gasteiger partial charge in [0.25, 0.3) is 0 Å². The average molecular weight is 301 g/mol. The fourth-order valence-electron chi connectivity index (χ4n) is 1.76. The molecule has 5 heteroatoms. The first-order valence-corrected chi connectivity index (χ1v) is 6.84. The van der Waals surface area contributed by atoms with Crippen LogP contribution in [0, 0.1) is 5.92 Å². The Morgan fingerprint density at radius 2 is 2.00 bits per heavy atom. The van der Waals surface area contributed by atoms with Gasteiger partial charge in [0.15, 0.2) is 0 Å². The van der Waals surface area contributed by atoms with Crippen LogP contribution in [0.25, 0.3) is 0 Å². The Morgan fingerprint density at radius 3 is 2.60 bits per heavy atom. The monoisotopic (exact) mass is 300 g/mol. The molecule has 1 aromatic rings. The summed E-state index contributed by atoms with van der Waals surface area (Å²) >= 11 is 0. The normalized spacial score (nSPS) is 13.0. The number of benzene rings is 1.